The molecule has 0 aromatic heterocycles. The Morgan fingerprint density at radius 3 is 1.15 bits per heavy atom. The average Bonchev–Trinajstić information content (AvgIpc) is 2.98. The highest BCUT2D eigenvalue weighted by Gasteiger charge is 2.35. The van der Waals surface area contributed by atoms with Crippen molar-refractivity contribution >= 4 is 81.8 Å². The number of benzene rings is 2. The molecule has 0 N–H and O–H groups in total. The van der Waals surface area contributed by atoms with Gasteiger partial charge in [0.2, 0.25) is 47.3 Å². The Bertz CT molecular complexity index is 2450. The number of carbonyl (C=O) groups excluding carboxylic acids is 12. The van der Waals surface area contributed by atoms with Crippen molar-refractivity contribution in [2.75, 3.05) is 22.9 Å². The fraction of sp³-hybridized carbons (Fsp3) is 0.662. The molecule has 2 aromatic rings. The van der Waals surface area contributed by atoms with E-state index in [1.807, 2.05) is 53.7 Å². The van der Waals surface area contributed by atoms with Crippen molar-refractivity contribution in [2.45, 2.75) is 235 Å². The Kier molecular flexibility index (Phi) is 38.7. The Hall–Kier alpha value is -6.32. The van der Waals surface area contributed by atoms with E-state index in [-0.39, 0.29) is 121 Å². The number of hydrogen-bond donors (Lipinski definition) is 0. The summed E-state index contributed by atoms with van der Waals surface area (Å²) in [5, 5.41) is 0. The van der Waals surface area contributed by atoms with Gasteiger partial charge >= 0.3 is 0 Å². The summed E-state index contributed by atoms with van der Waals surface area (Å²) < 4.78 is 0. The first-order valence-corrected chi connectivity index (χ1v) is 32.1. The van der Waals surface area contributed by atoms with Crippen LogP contribution in [-0.2, 0) is 59.2 Å². The first-order chi connectivity index (χ1) is 40.4. The van der Waals surface area contributed by atoms with Crippen molar-refractivity contribution in [3.05, 3.63) is 59.7 Å². The van der Waals surface area contributed by atoms with Crippen LogP contribution in [0.2, 0.25) is 0 Å². The van der Waals surface area contributed by atoms with Gasteiger partial charge in [-0.1, -0.05) is 163 Å². The highest BCUT2D eigenvalue weighted by Crippen LogP contribution is 2.33. The Labute approximate surface area is 523 Å². The number of carbonyl (C=O) groups is 12. The van der Waals surface area contributed by atoms with Crippen molar-refractivity contribution in [2.24, 2.45) is 59.2 Å². The zero-order valence-electron chi connectivity index (χ0n) is 57.1. The molecule has 5 fully saturated rings. The van der Waals surface area contributed by atoms with Crippen LogP contribution in [0.15, 0.2) is 48.5 Å². The standard InChI is InChI=1S/C17H21NO3.C15H23NO3.C14H15NO3.C9H13NO3.4C4H10/c1-12(2)15(19)5-3-4-13-6-8-14(9-7-13)18-16(20)10-11-17(18)21;1-10(2)15(19)12-5-3-11(4-6-12)9-16-13(17)7-8-14(16)18;1-9(2)14(18)10-4-3-5-11(8-10)15-12(16)6-7-13(15)17;1-6(2)7(11)5-10-8(12)3-4-9(10)13;4*1-4(2)3/h6-9,12H,3-5,10-11H2,1-2H3;10-12H,3-9H2,1-2H3;3-5,8-9H,6-7H2,1-2H3;6H,3-5H2,1-2H3;4*4H,1-3H3. The molecule has 4 saturated heterocycles. The molecule has 0 radical (unpaired) electrons. The van der Waals surface area contributed by atoms with E-state index in [9.17, 15) is 57.5 Å². The predicted molar refractivity (Wildman–Crippen MR) is 347 cm³/mol. The minimum Gasteiger partial charge on any atom is -0.299 e. The topological polar surface area (TPSA) is 218 Å². The number of nitrogens with zero attached hydrogens (tertiary/aromatic N) is 4. The molecule has 0 unspecified atom stereocenters. The van der Waals surface area contributed by atoms with E-state index in [4.69, 9.17) is 0 Å². The van der Waals surface area contributed by atoms with Crippen LogP contribution in [-0.4, -0.2) is 93.3 Å². The van der Waals surface area contributed by atoms with Crippen molar-refractivity contribution in [3.63, 3.8) is 0 Å². The molecule has 1 aliphatic carbocycles. The Morgan fingerprint density at radius 2 is 0.782 bits per heavy atom. The SMILES string of the molecule is CC(C)C.CC(C)C.CC(C)C.CC(C)C.CC(C)C(=O)C1CCC(CN2C(=O)CCC2=O)CC1.CC(C)C(=O)CCCc1ccc(N2C(=O)CCC2=O)cc1.CC(C)C(=O)CN1C(=O)CCC1=O.CC(C)C(=O)c1cccc(N2C(=O)CCC2=O)c1. The van der Waals surface area contributed by atoms with Gasteiger partial charge in [0, 0.05) is 99.5 Å². The van der Waals surface area contributed by atoms with Crippen molar-refractivity contribution in [1.29, 1.82) is 0 Å². The van der Waals surface area contributed by atoms with E-state index in [1.165, 1.54) is 9.80 Å². The van der Waals surface area contributed by atoms with E-state index in [2.05, 4.69) is 83.1 Å². The summed E-state index contributed by atoms with van der Waals surface area (Å²) in [5.74, 6) is 3.35. The molecule has 4 heterocycles. The second-order valence-electron chi connectivity index (χ2n) is 27.1. The van der Waals surface area contributed by atoms with Crippen LogP contribution in [0.3, 0.4) is 0 Å². The summed E-state index contributed by atoms with van der Waals surface area (Å²) in [6, 6.07) is 14.2. The van der Waals surface area contributed by atoms with Crippen LogP contribution < -0.4 is 9.80 Å². The number of rotatable bonds is 16. The van der Waals surface area contributed by atoms with E-state index in [0.717, 1.165) is 77.6 Å². The molecule has 16 nitrogen and oxygen atoms in total. The summed E-state index contributed by atoms with van der Waals surface area (Å²) in [4.78, 5) is 143. The highest BCUT2D eigenvalue weighted by molar-refractivity contribution is 6.20. The lowest BCUT2D eigenvalue weighted by atomic mass is 9.77. The van der Waals surface area contributed by atoms with Gasteiger partial charge in [-0.2, -0.15) is 0 Å². The smallest absolute Gasteiger partial charge is 0.234 e. The lowest BCUT2D eigenvalue weighted by Gasteiger charge is -2.30. The summed E-state index contributed by atoms with van der Waals surface area (Å²) in [7, 11) is 0. The molecule has 0 bridgehead atoms. The molecule has 488 valence electrons. The number of amides is 8. The highest BCUT2D eigenvalue weighted by atomic mass is 16.2. The first-order valence-electron chi connectivity index (χ1n) is 32.1. The second kappa shape index (κ2) is 41.8. The third-order valence-corrected chi connectivity index (χ3v) is 13.3. The summed E-state index contributed by atoms with van der Waals surface area (Å²) >= 11 is 0. The maximum atomic E-state index is 11.9. The maximum Gasteiger partial charge on any atom is 0.234 e. The summed E-state index contributed by atoms with van der Waals surface area (Å²) in [6.07, 6.45) is 8.38. The summed E-state index contributed by atoms with van der Waals surface area (Å²) in [6.45, 7) is 41.4. The first kappa shape index (κ1) is 80.7. The van der Waals surface area contributed by atoms with Crippen LogP contribution in [0.5, 0.6) is 0 Å². The third-order valence-electron chi connectivity index (χ3n) is 13.3. The van der Waals surface area contributed by atoms with E-state index in [0.29, 0.717) is 73.1 Å². The fourth-order valence-corrected chi connectivity index (χ4v) is 8.75. The second-order valence-corrected chi connectivity index (χ2v) is 27.1. The molecule has 16 heteroatoms. The van der Waals surface area contributed by atoms with Gasteiger partial charge in [0.05, 0.1) is 17.9 Å². The van der Waals surface area contributed by atoms with Gasteiger partial charge in [-0.15, -0.1) is 0 Å². The molecule has 7 rings (SSSR count). The molecule has 5 aliphatic rings. The van der Waals surface area contributed by atoms with Gasteiger partial charge in [-0.3, -0.25) is 77.1 Å². The van der Waals surface area contributed by atoms with Crippen LogP contribution in [0, 0.1) is 59.2 Å². The monoisotopic (exact) mass is 1210 g/mol. The zero-order chi connectivity index (χ0) is 67.0. The Balaban J connectivity index is 0.00000105. The average molecular weight is 1210 g/mol. The minimum atomic E-state index is -0.223. The van der Waals surface area contributed by atoms with Gasteiger partial charge in [0.25, 0.3) is 0 Å². The van der Waals surface area contributed by atoms with Gasteiger partial charge in [0.1, 0.15) is 11.6 Å². The molecular formula is C71H112N4O12. The third kappa shape index (κ3) is 32.5. The summed E-state index contributed by atoms with van der Waals surface area (Å²) in [5.41, 5.74) is 2.79. The van der Waals surface area contributed by atoms with Gasteiger partial charge in [0.15, 0.2) is 11.6 Å². The number of anilines is 2. The van der Waals surface area contributed by atoms with Crippen molar-refractivity contribution in [3.8, 4) is 0 Å². The molecule has 87 heavy (non-hydrogen) atoms. The molecule has 1 saturated carbocycles. The normalized spacial score (nSPS) is 17.3. The maximum absolute atomic E-state index is 11.9. The number of aryl methyl sites for hydroxylation is 1. The minimum absolute atomic E-state index is 0.0101. The molecule has 0 spiro atoms. The number of likely N-dealkylation sites (tertiary alicyclic amines) is 2. The van der Waals surface area contributed by atoms with Crippen LogP contribution >= 0.6 is 0 Å². The van der Waals surface area contributed by atoms with E-state index >= 15 is 0 Å². The molecule has 8 amide bonds. The lowest BCUT2D eigenvalue weighted by Crippen LogP contribution is -2.36. The molecule has 0 atom stereocenters. The Morgan fingerprint density at radius 1 is 0.414 bits per heavy atom. The predicted octanol–water partition coefficient (Wildman–Crippen LogP) is 14.2. The van der Waals surface area contributed by atoms with Crippen LogP contribution in [0.4, 0.5) is 11.4 Å². The number of Topliss-reactive ketones (excluding diaryl/α,β-unsaturated/α-hetero) is 4. The number of ketones is 4. The largest absolute Gasteiger partial charge is 0.299 e. The van der Waals surface area contributed by atoms with Crippen LogP contribution in [0.25, 0.3) is 0 Å². The van der Waals surface area contributed by atoms with Crippen LogP contribution in [0.1, 0.15) is 244 Å². The number of imide groups is 4. The van der Waals surface area contributed by atoms with Gasteiger partial charge < -0.3 is 0 Å². The zero-order valence-corrected chi connectivity index (χ0v) is 57.1. The van der Waals surface area contributed by atoms with Gasteiger partial charge in [-0.05, 0) is 97.9 Å². The molecule has 4 aliphatic heterocycles. The number of hydrogen-bond acceptors (Lipinski definition) is 12. The quantitative estimate of drug-likeness (QED) is 0.113. The van der Waals surface area contributed by atoms with E-state index in [1.54, 1.807) is 50.2 Å². The molecular weight excluding hydrogens is 1100 g/mol. The lowest BCUT2D eigenvalue weighted by molar-refractivity contribution is -0.142. The van der Waals surface area contributed by atoms with Crippen molar-refractivity contribution < 1.29 is 57.5 Å². The van der Waals surface area contributed by atoms with Gasteiger partial charge in [-0.25, -0.2) is 0 Å². The van der Waals surface area contributed by atoms with Crippen molar-refractivity contribution in [1.82, 2.24) is 9.80 Å². The van der Waals surface area contributed by atoms with E-state index < -0.39 is 0 Å². The fourth-order valence-electron chi connectivity index (χ4n) is 8.75. The molecule has 2 aromatic carbocycles.